The van der Waals surface area contributed by atoms with Crippen molar-refractivity contribution in [1.29, 1.82) is 0 Å². The molecule has 0 bridgehead atoms. The fraction of sp³-hybridized carbons (Fsp3) is 0.350. The molecule has 3 atom stereocenters. The van der Waals surface area contributed by atoms with E-state index < -0.39 is 5.92 Å². The molecule has 11 nitrogen and oxygen atoms in total. The van der Waals surface area contributed by atoms with Gasteiger partial charge >= 0.3 is 0 Å². The van der Waals surface area contributed by atoms with E-state index in [1.165, 1.54) is 20.4 Å². The molecule has 3 unspecified atom stereocenters. The summed E-state index contributed by atoms with van der Waals surface area (Å²) < 4.78 is 10.5. The van der Waals surface area contributed by atoms with Gasteiger partial charge in [-0.05, 0) is 35.8 Å². The van der Waals surface area contributed by atoms with Crippen LogP contribution in [-0.4, -0.2) is 56.9 Å². The van der Waals surface area contributed by atoms with Crippen LogP contribution in [0, 0.1) is 5.92 Å². The summed E-state index contributed by atoms with van der Waals surface area (Å²) in [5.74, 6) is 0.0341. The summed E-state index contributed by atoms with van der Waals surface area (Å²) in [6.45, 7) is 3.78. The molecule has 0 saturated heterocycles. The zero-order valence-corrected chi connectivity index (χ0v) is 17.7. The number of nitrogens with one attached hydrogen (secondary N) is 3. The summed E-state index contributed by atoms with van der Waals surface area (Å²) in [6, 6.07) is 6.30. The number of ether oxygens (including phenoxy) is 2. The van der Waals surface area contributed by atoms with Gasteiger partial charge in [-0.15, -0.1) is 5.10 Å². The van der Waals surface area contributed by atoms with Crippen LogP contribution >= 0.6 is 0 Å². The number of tetrazole rings is 1. The van der Waals surface area contributed by atoms with E-state index >= 15 is 0 Å². The van der Waals surface area contributed by atoms with Crippen molar-refractivity contribution < 1.29 is 19.4 Å². The maximum absolute atomic E-state index is 13.4. The lowest BCUT2D eigenvalue weighted by molar-refractivity contribution is -0.120. The molecule has 0 aliphatic carbocycles. The third-order valence-electron chi connectivity index (χ3n) is 5.07. The van der Waals surface area contributed by atoms with E-state index in [4.69, 9.17) is 9.47 Å². The molecule has 0 saturated carbocycles. The van der Waals surface area contributed by atoms with Gasteiger partial charge in [0.1, 0.15) is 11.4 Å². The van der Waals surface area contributed by atoms with E-state index in [0.717, 1.165) is 5.56 Å². The smallest absolute Gasteiger partial charge is 0.263 e. The van der Waals surface area contributed by atoms with E-state index in [1.807, 2.05) is 13.8 Å². The molecular weight excluding hydrogens is 402 g/mol. The van der Waals surface area contributed by atoms with Crippen molar-refractivity contribution in [1.82, 2.24) is 25.6 Å². The molecular formula is C20H25N7O4. The summed E-state index contributed by atoms with van der Waals surface area (Å²) in [4.78, 5) is 17.5. The predicted molar refractivity (Wildman–Crippen MR) is 113 cm³/mol. The van der Waals surface area contributed by atoms with Crippen LogP contribution in [0.15, 0.2) is 36.7 Å². The van der Waals surface area contributed by atoms with Gasteiger partial charge in [0, 0.05) is 18.3 Å². The van der Waals surface area contributed by atoms with Crippen molar-refractivity contribution in [2.24, 2.45) is 5.92 Å². The quantitative estimate of drug-likeness (QED) is 0.403. The number of carbonyl (C=O) groups is 1. The summed E-state index contributed by atoms with van der Waals surface area (Å²) in [5, 5.41) is 29.7. The van der Waals surface area contributed by atoms with Crippen molar-refractivity contribution in [3.8, 4) is 17.2 Å². The fourth-order valence-electron chi connectivity index (χ4n) is 3.46. The number of benzene rings is 1. The SMILES string of the molecule is COc1cc(C(C)C(C(=O)Nc2cnccc2OC)C(C)Nc2nn[nH]n2)ccc1O. The highest BCUT2D eigenvalue weighted by atomic mass is 16.5. The lowest BCUT2D eigenvalue weighted by Crippen LogP contribution is -2.39. The minimum atomic E-state index is -0.572. The van der Waals surface area contributed by atoms with E-state index in [2.05, 4.69) is 36.2 Å². The molecule has 0 aliphatic heterocycles. The van der Waals surface area contributed by atoms with Gasteiger partial charge in [-0.3, -0.25) is 9.78 Å². The molecule has 11 heteroatoms. The van der Waals surface area contributed by atoms with Gasteiger partial charge < -0.3 is 25.2 Å². The Bertz CT molecular complexity index is 1010. The maximum atomic E-state index is 13.4. The Labute approximate surface area is 179 Å². The highest BCUT2D eigenvalue weighted by Gasteiger charge is 2.33. The van der Waals surface area contributed by atoms with Gasteiger partial charge in [-0.2, -0.15) is 5.21 Å². The molecule has 31 heavy (non-hydrogen) atoms. The average Bonchev–Trinajstić information content (AvgIpc) is 3.27. The second kappa shape index (κ2) is 9.74. The number of nitrogens with zero attached hydrogens (tertiary/aromatic N) is 4. The minimum absolute atomic E-state index is 0.0255. The number of phenolic OH excluding ortho intramolecular Hbond substituents is 1. The zero-order valence-electron chi connectivity index (χ0n) is 17.7. The number of carbonyl (C=O) groups excluding carboxylic acids is 1. The molecule has 1 aromatic carbocycles. The lowest BCUT2D eigenvalue weighted by Gasteiger charge is -2.29. The van der Waals surface area contributed by atoms with E-state index in [1.54, 1.807) is 30.5 Å². The first kappa shape index (κ1) is 21.8. The van der Waals surface area contributed by atoms with Crippen molar-refractivity contribution in [2.45, 2.75) is 25.8 Å². The summed E-state index contributed by atoms with van der Waals surface area (Å²) in [6.07, 6.45) is 3.11. The molecule has 164 valence electrons. The highest BCUT2D eigenvalue weighted by Crippen LogP contribution is 2.35. The molecule has 0 fully saturated rings. The molecule has 2 heterocycles. The van der Waals surface area contributed by atoms with Crippen LogP contribution in [0.3, 0.4) is 0 Å². The molecule has 0 radical (unpaired) electrons. The predicted octanol–water partition coefficient (Wildman–Crippen LogP) is 2.18. The van der Waals surface area contributed by atoms with Gasteiger partial charge in [0.2, 0.25) is 5.91 Å². The van der Waals surface area contributed by atoms with Crippen LogP contribution in [-0.2, 0) is 4.79 Å². The first-order valence-corrected chi connectivity index (χ1v) is 9.60. The topological polar surface area (TPSA) is 147 Å². The Morgan fingerprint density at radius 2 is 1.94 bits per heavy atom. The number of methoxy groups -OCH3 is 2. The van der Waals surface area contributed by atoms with Crippen LogP contribution in [0.5, 0.6) is 17.2 Å². The highest BCUT2D eigenvalue weighted by molar-refractivity contribution is 5.95. The Morgan fingerprint density at radius 3 is 2.61 bits per heavy atom. The number of phenols is 1. The third kappa shape index (κ3) is 5.00. The summed E-state index contributed by atoms with van der Waals surface area (Å²) >= 11 is 0. The lowest BCUT2D eigenvalue weighted by atomic mass is 9.82. The number of hydrogen-bond donors (Lipinski definition) is 4. The van der Waals surface area contributed by atoms with Crippen LogP contribution in [0.2, 0.25) is 0 Å². The molecule has 4 N–H and O–H groups in total. The number of anilines is 2. The summed E-state index contributed by atoms with van der Waals surface area (Å²) in [5.41, 5.74) is 1.27. The van der Waals surface area contributed by atoms with Gasteiger partial charge in [0.25, 0.3) is 5.95 Å². The van der Waals surface area contributed by atoms with E-state index in [-0.39, 0.29) is 29.6 Å². The number of aromatic nitrogens is 5. The zero-order chi connectivity index (χ0) is 22.4. The largest absolute Gasteiger partial charge is 0.504 e. The molecule has 1 amide bonds. The number of H-pyrrole nitrogens is 1. The first-order chi connectivity index (χ1) is 14.9. The number of pyridine rings is 1. The van der Waals surface area contributed by atoms with Crippen molar-refractivity contribution in [3.05, 3.63) is 42.2 Å². The first-order valence-electron chi connectivity index (χ1n) is 9.60. The fourth-order valence-corrected chi connectivity index (χ4v) is 3.46. The number of rotatable bonds is 9. The van der Waals surface area contributed by atoms with Gasteiger partial charge in [0.05, 0.1) is 26.3 Å². The van der Waals surface area contributed by atoms with Crippen LogP contribution < -0.4 is 20.1 Å². The minimum Gasteiger partial charge on any atom is -0.504 e. The molecule has 2 aromatic heterocycles. The molecule has 3 aromatic rings. The molecule has 0 spiro atoms. The third-order valence-corrected chi connectivity index (χ3v) is 5.07. The van der Waals surface area contributed by atoms with Crippen LogP contribution in [0.1, 0.15) is 25.3 Å². The Hall–Kier alpha value is -3.89. The van der Waals surface area contributed by atoms with Crippen molar-refractivity contribution in [2.75, 3.05) is 24.9 Å². The maximum Gasteiger partial charge on any atom is 0.263 e. The van der Waals surface area contributed by atoms with Gasteiger partial charge in [0.15, 0.2) is 11.5 Å². The van der Waals surface area contributed by atoms with Crippen LogP contribution in [0.25, 0.3) is 0 Å². The Morgan fingerprint density at radius 1 is 1.16 bits per heavy atom. The van der Waals surface area contributed by atoms with Crippen molar-refractivity contribution >= 4 is 17.5 Å². The number of hydrogen-bond acceptors (Lipinski definition) is 9. The van der Waals surface area contributed by atoms with Crippen molar-refractivity contribution in [3.63, 3.8) is 0 Å². The van der Waals surface area contributed by atoms with Gasteiger partial charge in [-0.1, -0.05) is 18.1 Å². The Balaban J connectivity index is 1.92. The average molecular weight is 427 g/mol. The van der Waals surface area contributed by atoms with E-state index in [9.17, 15) is 9.90 Å². The molecule has 3 rings (SSSR count). The number of aromatic hydroxyl groups is 1. The molecule has 0 aliphatic rings. The standard InChI is InChI=1S/C20H25N7O4/c1-11(13-5-6-15(28)17(9-13)31-4)18(12(2)22-20-24-26-27-25-20)19(29)23-14-10-21-8-7-16(14)30-3/h5-12,18,28H,1-4H3,(H,23,29)(H2,22,24,25,26,27). The Kier molecular flexibility index (Phi) is 6.85. The number of amides is 1. The monoisotopic (exact) mass is 427 g/mol. The second-order valence-electron chi connectivity index (χ2n) is 6.98. The normalized spacial score (nSPS) is 13.7. The second-order valence-corrected chi connectivity index (χ2v) is 6.98. The van der Waals surface area contributed by atoms with Crippen LogP contribution in [0.4, 0.5) is 11.6 Å². The summed E-state index contributed by atoms with van der Waals surface area (Å²) in [7, 11) is 3.00. The van der Waals surface area contributed by atoms with Gasteiger partial charge in [-0.25, -0.2) is 0 Å². The number of aromatic amines is 1. The van der Waals surface area contributed by atoms with E-state index in [0.29, 0.717) is 17.2 Å².